The van der Waals surface area contributed by atoms with Crippen LogP contribution in [0.5, 0.6) is 0 Å². The van der Waals surface area contributed by atoms with Gasteiger partial charge >= 0.3 is 23.9 Å². The van der Waals surface area contributed by atoms with E-state index in [9.17, 15) is 39.5 Å². The van der Waals surface area contributed by atoms with E-state index in [0.717, 1.165) is 0 Å². The fourth-order valence-electron chi connectivity index (χ4n) is 1.81. The highest BCUT2D eigenvalue weighted by Crippen LogP contribution is 2.54. The first kappa shape index (κ1) is 19.3. The smallest absolute Gasteiger partial charge is 0.348 e. The van der Waals surface area contributed by atoms with Gasteiger partial charge in [0.15, 0.2) is 5.79 Å². The van der Waals surface area contributed by atoms with Gasteiger partial charge in [0.2, 0.25) is 0 Å². The standard InChI is InChI=1S/C11H13F9O2/c1-7(2)21-5-6(22-7)3-4-8(12,13)9(14,15)10(16,17)11(18,19)20/h6H,3-5H2,1-2H3. The van der Waals surface area contributed by atoms with Gasteiger partial charge in [-0.2, -0.15) is 39.5 Å². The van der Waals surface area contributed by atoms with Crippen LogP contribution in [0.15, 0.2) is 0 Å². The lowest BCUT2D eigenvalue weighted by atomic mass is 9.98. The topological polar surface area (TPSA) is 18.5 Å². The molecular weight excluding hydrogens is 335 g/mol. The summed E-state index contributed by atoms with van der Waals surface area (Å²) in [5.41, 5.74) is 0. The maximum absolute atomic E-state index is 13.2. The fraction of sp³-hybridized carbons (Fsp3) is 1.00. The Morgan fingerprint density at radius 2 is 1.41 bits per heavy atom. The van der Waals surface area contributed by atoms with Gasteiger partial charge in [-0.3, -0.25) is 0 Å². The number of hydrogen-bond donors (Lipinski definition) is 0. The predicted molar refractivity (Wildman–Crippen MR) is 55.0 cm³/mol. The minimum absolute atomic E-state index is 0.260. The van der Waals surface area contributed by atoms with E-state index in [4.69, 9.17) is 9.47 Å². The van der Waals surface area contributed by atoms with Crippen LogP contribution in [0.25, 0.3) is 0 Å². The van der Waals surface area contributed by atoms with E-state index in [1.807, 2.05) is 0 Å². The van der Waals surface area contributed by atoms with Gasteiger partial charge in [-0.05, 0) is 20.3 Å². The quantitative estimate of drug-likeness (QED) is 0.687. The van der Waals surface area contributed by atoms with Crippen molar-refractivity contribution in [3.05, 3.63) is 0 Å². The SMILES string of the molecule is CC1(C)OCC(CCC(F)(F)C(F)(F)C(F)(F)C(F)(F)F)O1. The average Bonchev–Trinajstić information content (AvgIpc) is 2.64. The molecule has 0 aromatic rings. The van der Waals surface area contributed by atoms with Gasteiger partial charge in [0, 0.05) is 6.42 Å². The van der Waals surface area contributed by atoms with E-state index in [2.05, 4.69) is 0 Å². The number of hydrogen-bond acceptors (Lipinski definition) is 2. The summed E-state index contributed by atoms with van der Waals surface area (Å²) in [6.45, 7) is 2.54. The Morgan fingerprint density at radius 3 is 1.77 bits per heavy atom. The third-order valence-electron chi connectivity index (χ3n) is 3.06. The van der Waals surface area contributed by atoms with Crippen LogP contribution in [0.2, 0.25) is 0 Å². The summed E-state index contributed by atoms with van der Waals surface area (Å²) in [6, 6.07) is 0. The molecule has 1 aliphatic rings. The van der Waals surface area contributed by atoms with Gasteiger partial charge in [-0.1, -0.05) is 0 Å². The second-order valence-corrected chi connectivity index (χ2v) is 5.34. The molecule has 1 heterocycles. The second-order valence-electron chi connectivity index (χ2n) is 5.34. The van der Waals surface area contributed by atoms with Crippen LogP contribution in [-0.4, -0.2) is 42.4 Å². The van der Waals surface area contributed by atoms with E-state index in [1.54, 1.807) is 0 Å². The van der Waals surface area contributed by atoms with Gasteiger partial charge in [0.25, 0.3) is 0 Å². The van der Waals surface area contributed by atoms with Crippen molar-refractivity contribution in [2.75, 3.05) is 6.61 Å². The first-order valence-electron chi connectivity index (χ1n) is 6.05. The van der Waals surface area contributed by atoms with Crippen molar-refractivity contribution in [2.45, 2.75) is 62.5 Å². The Balaban J connectivity index is 2.80. The molecular formula is C11H13F9O2. The zero-order valence-electron chi connectivity index (χ0n) is 11.4. The number of rotatable bonds is 5. The normalized spacial score (nSPS) is 23.9. The minimum atomic E-state index is -6.85. The molecule has 1 fully saturated rings. The summed E-state index contributed by atoms with van der Waals surface area (Å²) in [5, 5.41) is 0. The summed E-state index contributed by atoms with van der Waals surface area (Å²) in [5.74, 6) is -20.2. The lowest BCUT2D eigenvalue weighted by Gasteiger charge is -2.34. The highest BCUT2D eigenvalue weighted by atomic mass is 19.4. The summed E-state index contributed by atoms with van der Waals surface area (Å²) < 4.78 is 123. The molecule has 0 radical (unpaired) electrons. The van der Waals surface area contributed by atoms with Gasteiger partial charge in [-0.25, -0.2) is 0 Å². The second kappa shape index (κ2) is 5.43. The maximum atomic E-state index is 13.2. The van der Waals surface area contributed by atoms with E-state index in [-0.39, 0.29) is 6.61 Å². The lowest BCUT2D eigenvalue weighted by molar-refractivity contribution is -0.397. The Hall–Kier alpha value is -0.710. The van der Waals surface area contributed by atoms with Crippen LogP contribution in [-0.2, 0) is 9.47 Å². The first-order chi connectivity index (χ1) is 9.54. The highest BCUT2D eigenvalue weighted by Gasteiger charge is 2.81. The fourth-order valence-corrected chi connectivity index (χ4v) is 1.81. The molecule has 22 heavy (non-hydrogen) atoms. The van der Waals surface area contributed by atoms with E-state index < -0.39 is 48.7 Å². The summed E-state index contributed by atoms with van der Waals surface area (Å²) >= 11 is 0. The Labute approximate surface area is 119 Å². The molecule has 0 aromatic carbocycles. The van der Waals surface area contributed by atoms with Crippen molar-refractivity contribution in [3.8, 4) is 0 Å². The molecule has 1 atom stereocenters. The van der Waals surface area contributed by atoms with Gasteiger partial charge in [0.05, 0.1) is 12.7 Å². The maximum Gasteiger partial charge on any atom is 0.460 e. The van der Waals surface area contributed by atoms with Crippen LogP contribution in [0.4, 0.5) is 39.5 Å². The number of halogens is 9. The third kappa shape index (κ3) is 3.44. The monoisotopic (exact) mass is 348 g/mol. The molecule has 0 aliphatic carbocycles. The van der Waals surface area contributed by atoms with Gasteiger partial charge < -0.3 is 9.47 Å². The van der Waals surface area contributed by atoms with E-state index in [0.29, 0.717) is 0 Å². The number of ether oxygens (including phenoxy) is 2. The number of alkyl halides is 9. The summed E-state index contributed by atoms with van der Waals surface area (Å²) in [4.78, 5) is 0. The van der Waals surface area contributed by atoms with Crippen molar-refractivity contribution in [1.29, 1.82) is 0 Å². The molecule has 1 unspecified atom stereocenters. The Morgan fingerprint density at radius 1 is 0.909 bits per heavy atom. The Kier molecular flexibility index (Phi) is 4.77. The zero-order valence-corrected chi connectivity index (χ0v) is 11.4. The first-order valence-corrected chi connectivity index (χ1v) is 6.05. The van der Waals surface area contributed by atoms with Gasteiger partial charge in [-0.15, -0.1) is 0 Å². The van der Waals surface area contributed by atoms with Crippen LogP contribution in [0, 0.1) is 0 Å². The van der Waals surface area contributed by atoms with Crippen LogP contribution in [0.1, 0.15) is 26.7 Å². The van der Waals surface area contributed by atoms with Crippen LogP contribution < -0.4 is 0 Å². The molecule has 11 heteroatoms. The van der Waals surface area contributed by atoms with Crippen molar-refractivity contribution in [3.63, 3.8) is 0 Å². The van der Waals surface area contributed by atoms with E-state index >= 15 is 0 Å². The lowest BCUT2D eigenvalue weighted by Crippen LogP contribution is -2.60. The van der Waals surface area contributed by atoms with Gasteiger partial charge in [0.1, 0.15) is 0 Å². The molecule has 0 spiro atoms. The molecule has 1 aliphatic heterocycles. The average molecular weight is 348 g/mol. The van der Waals surface area contributed by atoms with Crippen molar-refractivity contribution in [2.24, 2.45) is 0 Å². The molecule has 1 saturated heterocycles. The summed E-state index contributed by atoms with van der Waals surface area (Å²) in [7, 11) is 0. The van der Waals surface area contributed by atoms with Crippen LogP contribution in [0.3, 0.4) is 0 Å². The molecule has 0 amide bonds. The third-order valence-corrected chi connectivity index (χ3v) is 3.06. The molecule has 0 bridgehead atoms. The van der Waals surface area contributed by atoms with Crippen molar-refractivity contribution in [1.82, 2.24) is 0 Å². The van der Waals surface area contributed by atoms with Crippen molar-refractivity contribution < 1.29 is 49.0 Å². The highest BCUT2D eigenvalue weighted by molar-refractivity contribution is 5.00. The zero-order chi connectivity index (χ0) is 17.6. The molecule has 2 nitrogen and oxygen atoms in total. The van der Waals surface area contributed by atoms with Crippen LogP contribution >= 0.6 is 0 Å². The minimum Gasteiger partial charge on any atom is -0.348 e. The molecule has 0 aromatic heterocycles. The Bertz CT molecular complexity index is 403. The van der Waals surface area contributed by atoms with Crippen molar-refractivity contribution >= 4 is 0 Å². The predicted octanol–water partition coefficient (Wildman–Crippen LogP) is 4.39. The largest absolute Gasteiger partial charge is 0.460 e. The molecule has 132 valence electrons. The molecule has 0 saturated carbocycles. The molecule has 1 rings (SSSR count). The van der Waals surface area contributed by atoms with E-state index in [1.165, 1.54) is 13.8 Å². The molecule has 0 N–H and O–H groups in total. The summed E-state index contributed by atoms with van der Waals surface area (Å²) in [6.07, 6.45) is -10.7.